The third-order valence-electron chi connectivity index (χ3n) is 3.53. The first-order chi connectivity index (χ1) is 8.66. The van der Waals surface area contributed by atoms with E-state index in [4.69, 9.17) is 9.84 Å². The van der Waals surface area contributed by atoms with Gasteiger partial charge in [-0.3, -0.25) is 4.79 Å². The second kappa shape index (κ2) is 6.00. The van der Waals surface area contributed by atoms with Gasteiger partial charge in [0, 0.05) is 6.54 Å². The Balaban J connectivity index is 1.72. The van der Waals surface area contributed by atoms with Gasteiger partial charge in [-0.1, -0.05) is 12.2 Å². The molecule has 0 radical (unpaired) electrons. The van der Waals surface area contributed by atoms with Gasteiger partial charge in [0.1, 0.15) is 6.10 Å². The molecule has 2 N–H and O–H groups in total. The molecule has 5 heteroatoms. The number of hydrogen-bond donors (Lipinski definition) is 2. The van der Waals surface area contributed by atoms with Crippen molar-refractivity contribution in [2.75, 3.05) is 6.54 Å². The molecule has 0 aromatic carbocycles. The van der Waals surface area contributed by atoms with E-state index < -0.39 is 18.2 Å². The third-order valence-corrected chi connectivity index (χ3v) is 3.53. The molecular formula is C13H19NO4. The molecule has 1 amide bonds. The van der Waals surface area contributed by atoms with E-state index in [9.17, 15) is 9.59 Å². The van der Waals surface area contributed by atoms with Crippen LogP contribution in [0.15, 0.2) is 12.2 Å². The molecule has 1 aliphatic heterocycles. The molecule has 1 fully saturated rings. The summed E-state index contributed by atoms with van der Waals surface area (Å²) in [5, 5.41) is 11.6. The zero-order chi connectivity index (χ0) is 13.0. The predicted molar refractivity (Wildman–Crippen MR) is 65.0 cm³/mol. The summed E-state index contributed by atoms with van der Waals surface area (Å²) < 4.78 is 5.20. The fourth-order valence-corrected chi connectivity index (χ4v) is 2.41. The number of allylic oxidation sites excluding steroid dienone is 2. The maximum absolute atomic E-state index is 11.8. The number of carboxylic acid groups (broad SMARTS) is 1. The molecule has 1 aliphatic carbocycles. The Labute approximate surface area is 106 Å². The molecule has 5 nitrogen and oxygen atoms in total. The van der Waals surface area contributed by atoms with Gasteiger partial charge in [-0.2, -0.15) is 0 Å². The number of carbonyl (C=O) groups is 2. The summed E-state index contributed by atoms with van der Waals surface area (Å²) in [5.41, 5.74) is 0. The van der Waals surface area contributed by atoms with Crippen LogP contribution < -0.4 is 5.32 Å². The van der Waals surface area contributed by atoms with E-state index in [2.05, 4.69) is 17.5 Å². The smallest absolute Gasteiger partial charge is 0.332 e. The van der Waals surface area contributed by atoms with Gasteiger partial charge in [0.25, 0.3) is 0 Å². The summed E-state index contributed by atoms with van der Waals surface area (Å²) in [6.45, 7) is 0.654. The summed E-state index contributed by atoms with van der Waals surface area (Å²) >= 11 is 0. The van der Waals surface area contributed by atoms with Crippen molar-refractivity contribution in [3.63, 3.8) is 0 Å². The number of hydrogen-bond acceptors (Lipinski definition) is 3. The molecule has 1 heterocycles. The molecule has 3 atom stereocenters. The number of carbonyl (C=O) groups excluding carboxylic acids is 1. The minimum Gasteiger partial charge on any atom is -0.479 e. The van der Waals surface area contributed by atoms with Gasteiger partial charge in [0.2, 0.25) is 5.91 Å². The largest absolute Gasteiger partial charge is 0.479 e. The van der Waals surface area contributed by atoms with Crippen LogP contribution in [-0.4, -0.2) is 35.7 Å². The Morgan fingerprint density at radius 2 is 2.00 bits per heavy atom. The van der Waals surface area contributed by atoms with Gasteiger partial charge >= 0.3 is 5.97 Å². The minimum absolute atomic E-state index is 0.173. The summed E-state index contributed by atoms with van der Waals surface area (Å²) in [7, 11) is 0. The van der Waals surface area contributed by atoms with E-state index in [1.54, 1.807) is 0 Å². The first-order valence-corrected chi connectivity index (χ1v) is 6.48. The summed E-state index contributed by atoms with van der Waals surface area (Å²) in [6.07, 6.45) is 6.98. The number of rotatable bonds is 4. The van der Waals surface area contributed by atoms with Crippen LogP contribution in [0.2, 0.25) is 0 Å². The van der Waals surface area contributed by atoms with E-state index >= 15 is 0 Å². The molecule has 0 bridgehead atoms. The maximum atomic E-state index is 11.8. The van der Waals surface area contributed by atoms with Crippen molar-refractivity contribution in [1.29, 1.82) is 0 Å². The van der Waals surface area contributed by atoms with Crippen LogP contribution in [0.1, 0.15) is 32.1 Å². The molecular weight excluding hydrogens is 234 g/mol. The first-order valence-electron chi connectivity index (χ1n) is 6.48. The van der Waals surface area contributed by atoms with E-state index in [1.165, 1.54) is 0 Å². The molecule has 100 valence electrons. The van der Waals surface area contributed by atoms with Crippen LogP contribution in [0.3, 0.4) is 0 Å². The lowest BCUT2D eigenvalue weighted by atomic mass is 9.94. The van der Waals surface area contributed by atoms with Gasteiger partial charge in [-0.05, 0) is 38.0 Å². The van der Waals surface area contributed by atoms with Crippen molar-refractivity contribution >= 4 is 11.9 Å². The third kappa shape index (κ3) is 3.32. The molecule has 0 aromatic rings. The summed E-state index contributed by atoms with van der Waals surface area (Å²) in [4.78, 5) is 22.5. The monoisotopic (exact) mass is 253 g/mol. The van der Waals surface area contributed by atoms with Gasteiger partial charge < -0.3 is 15.2 Å². The van der Waals surface area contributed by atoms with Crippen LogP contribution in [-0.2, 0) is 14.3 Å². The topological polar surface area (TPSA) is 75.6 Å². The van der Waals surface area contributed by atoms with Crippen LogP contribution in [0.5, 0.6) is 0 Å². The quantitative estimate of drug-likeness (QED) is 0.735. The van der Waals surface area contributed by atoms with Crippen molar-refractivity contribution in [1.82, 2.24) is 5.32 Å². The highest BCUT2D eigenvalue weighted by Gasteiger charge is 2.34. The van der Waals surface area contributed by atoms with E-state index in [0.717, 1.165) is 19.3 Å². The Morgan fingerprint density at radius 3 is 2.61 bits per heavy atom. The number of amides is 1. The summed E-state index contributed by atoms with van der Waals surface area (Å²) in [5.74, 6) is -0.661. The number of nitrogens with one attached hydrogen (secondary N) is 1. The van der Waals surface area contributed by atoms with Crippen molar-refractivity contribution < 1.29 is 19.4 Å². The average Bonchev–Trinajstić information content (AvgIpc) is 2.87. The van der Waals surface area contributed by atoms with Crippen molar-refractivity contribution in [2.45, 2.75) is 44.3 Å². The Morgan fingerprint density at radius 1 is 1.22 bits per heavy atom. The normalized spacial score (nSPS) is 31.2. The van der Waals surface area contributed by atoms with E-state index in [0.29, 0.717) is 25.3 Å². The van der Waals surface area contributed by atoms with Gasteiger partial charge in [-0.25, -0.2) is 4.79 Å². The Bertz CT molecular complexity index is 353. The number of ether oxygens (including phenoxy) is 1. The van der Waals surface area contributed by atoms with Crippen molar-refractivity contribution in [3.8, 4) is 0 Å². The zero-order valence-corrected chi connectivity index (χ0v) is 10.3. The minimum atomic E-state index is -0.984. The van der Waals surface area contributed by atoms with Crippen LogP contribution in [0.4, 0.5) is 0 Å². The molecule has 0 aromatic heterocycles. The van der Waals surface area contributed by atoms with Crippen LogP contribution >= 0.6 is 0 Å². The first kappa shape index (κ1) is 13.1. The summed E-state index contributed by atoms with van der Waals surface area (Å²) in [6, 6.07) is 0. The van der Waals surface area contributed by atoms with Crippen molar-refractivity contribution in [2.24, 2.45) is 5.92 Å². The zero-order valence-electron chi connectivity index (χ0n) is 10.3. The Kier molecular flexibility index (Phi) is 4.36. The number of aliphatic carboxylic acids is 1. The lowest BCUT2D eigenvalue weighted by molar-refractivity contribution is -0.151. The van der Waals surface area contributed by atoms with Crippen LogP contribution in [0, 0.1) is 5.92 Å². The highest BCUT2D eigenvalue weighted by molar-refractivity contribution is 5.82. The molecule has 1 saturated heterocycles. The van der Waals surface area contributed by atoms with E-state index in [1.807, 2.05) is 0 Å². The lowest BCUT2D eigenvalue weighted by Gasteiger charge is -2.19. The second-order valence-electron chi connectivity index (χ2n) is 4.92. The van der Waals surface area contributed by atoms with E-state index in [-0.39, 0.29) is 5.91 Å². The van der Waals surface area contributed by atoms with Crippen LogP contribution in [0.25, 0.3) is 0 Å². The second-order valence-corrected chi connectivity index (χ2v) is 4.92. The molecule has 18 heavy (non-hydrogen) atoms. The average molecular weight is 253 g/mol. The lowest BCUT2D eigenvalue weighted by Crippen LogP contribution is -2.38. The van der Waals surface area contributed by atoms with Gasteiger partial charge in [-0.15, -0.1) is 0 Å². The SMILES string of the molecule is O=C(O)C1CCC(C(=O)NCC2CC=CCC2)O1. The standard InChI is InChI=1S/C13H19NO4/c15-12(10-6-7-11(18-10)13(16)17)14-8-9-4-2-1-3-5-9/h1-2,9-11H,3-8H2,(H,14,15)(H,16,17). The fraction of sp³-hybridized carbons (Fsp3) is 0.692. The molecule has 0 saturated carbocycles. The van der Waals surface area contributed by atoms with Gasteiger partial charge in [0.05, 0.1) is 0 Å². The molecule has 2 aliphatic rings. The Hall–Kier alpha value is -1.36. The fourth-order valence-electron chi connectivity index (χ4n) is 2.41. The molecule has 2 rings (SSSR count). The molecule has 0 spiro atoms. The number of carboxylic acids is 1. The highest BCUT2D eigenvalue weighted by atomic mass is 16.5. The molecule has 3 unspecified atom stereocenters. The van der Waals surface area contributed by atoms with Gasteiger partial charge in [0.15, 0.2) is 6.10 Å². The predicted octanol–water partition coefficient (Wildman–Crippen LogP) is 1.09. The maximum Gasteiger partial charge on any atom is 0.332 e. The van der Waals surface area contributed by atoms with Crippen molar-refractivity contribution in [3.05, 3.63) is 12.2 Å². The highest BCUT2D eigenvalue weighted by Crippen LogP contribution is 2.21.